The minimum Gasteiger partial charge on any atom is -0.477 e. The summed E-state index contributed by atoms with van der Waals surface area (Å²) in [6, 6.07) is 0. The lowest BCUT2D eigenvalue weighted by atomic mass is 10.6. The lowest BCUT2D eigenvalue weighted by Crippen LogP contribution is -2.44. The summed E-state index contributed by atoms with van der Waals surface area (Å²) < 4.78 is 18.6. The lowest BCUT2D eigenvalue weighted by molar-refractivity contribution is -0.149. The van der Waals surface area contributed by atoms with Crippen LogP contribution in [0.3, 0.4) is 0 Å². The molecular formula is C3H7N3O5S. The largest absolute Gasteiger partial charge is 0.477 e. The Kier molecular flexibility index (Phi) is 3.13. The number of aliphatic hydroxyl groups is 1. The summed E-state index contributed by atoms with van der Waals surface area (Å²) in [4.78, 5) is 12.9. The molecule has 0 aromatic rings. The number of hydrogen-bond acceptors (Lipinski definition) is 4. The van der Waals surface area contributed by atoms with Gasteiger partial charge in [-0.15, -0.1) is 0 Å². The Morgan fingerprint density at radius 1 is 1.50 bits per heavy atom. The number of carboxylic acids is 1. The number of nitrogens with two attached hydrogens (primary N) is 2. The van der Waals surface area contributed by atoms with E-state index in [-0.39, 0.29) is 0 Å². The van der Waals surface area contributed by atoms with E-state index in [0.29, 0.717) is 0 Å². The lowest BCUT2D eigenvalue weighted by Gasteiger charge is -2.13. The molecule has 70 valence electrons. The molecular weight excluding hydrogens is 190 g/mol. The zero-order valence-electron chi connectivity index (χ0n) is 5.67. The predicted octanol–water partition coefficient (Wildman–Crippen LogP) is -2.79. The smallest absolute Gasteiger partial charge is 0.376 e. The Balaban J connectivity index is 5.02. The maximum atomic E-state index is 10.3. The summed E-state index contributed by atoms with van der Waals surface area (Å²) in [5.74, 6) is -2.82. The number of guanidine groups is 1. The van der Waals surface area contributed by atoms with E-state index in [0.717, 1.165) is 0 Å². The summed E-state index contributed by atoms with van der Waals surface area (Å²) in [5, 5.41) is 13.9. The van der Waals surface area contributed by atoms with E-state index in [1.54, 1.807) is 0 Å². The average molecular weight is 197 g/mol. The van der Waals surface area contributed by atoms with Crippen LogP contribution in [0.4, 0.5) is 0 Å². The molecule has 0 bridgehead atoms. The summed E-state index contributed by atoms with van der Waals surface area (Å²) in [6.07, 6.45) is 0. The topological polar surface area (TPSA) is 159 Å². The van der Waals surface area contributed by atoms with Crippen LogP contribution in [0.2, 0.25) is 0 Å². The normalized spacial score (nSPS) is 17.5. The summed E-state index contributed by atoms with van der Waals surface area (Å²) in [6.45, 7) is 0. The minimum absolute atomic E-state index is 0.803. The second-order valence-corrected chi connectivity index (χ2v) is 2.77. The van der Waals surface area contributed by atoms with Gasteiger partial charge in [0.05, 0.1) is 0 Å². The highest BCUT2D eigenvalue weighted by atomic mass is 32.2. The highest BCUT2D eigenvalue weighted by Crippen LogP contribution is 2.10. The van der Waals surface area contributed by atoms with Crippen molar-refractivity contribution in [3.63, 3.8) is 0 Å². The standard InChI is InChI=1S/C3H7N3O5S/c4-2(5)6-3(9,1(7)8)12(10)11/h9H,(H,7,8)(H,10,11)(H4,4,5,6). The molecule has 2 atom stereocenters. The summed E-state index contributed by atoms with van der Waals surface area (Å²) >= 11 is -3.11. The number of carbonyl (C=O) groups is 1. The molecule has 0 aromatic heterocycles. The molecule has 0 aliphatic carbocycles. The number of aliphatic carboxylic acids is 1. The molecule has 0 amide bonds. The Labute approximate surface area is 69.2 Å². The van der Waals surface area contributed by atoms with Gasteiger partial charge in [-0.05, 0) is 0 Å². The van der Waals surface area contributed by atoms with Gasteiger partial charge >= 0.3 is 11.0 Å². The van der Waals surface area contributed by atoms with Gasteiger partial charge in [-0.3, -0.25) is 0 Å². The molecule has 8 nitrogen and oxygen atoms in total. The van der Waals surface area contributed by atoms with Crippen LogP contribution in [-0.2, 0) is 15.9 Å². The molecule has 12 heavy (non-hydrogen) atoms. The first-order chi connectivity index (χ1) is 5.30. The minimum atomic E-state index is -3.20. The van der Waals surface area contributed by atoms with Gasteiger partial charge < -0.3 is 26.2 Å². The first-order valence-electron chi connectivity index (χ1n) is 2.48. The molecule has 0 fully saturated rings. The van der Waals surface area contributed by atoms with Crippen molar-refractivity contribution in [3.05, 3.63) is 0 Å². The van der Waals surface area contributed by atoms with Crippen LogP contribution in [0.25, 0.3) is 0 Å². The highest BCUT2D eigenvalue weighted by molar-refractivity contribution is 7.81. The molecule has 0 rings (SSSR count). The number of aliphatic imine (C=N–C) groups is 1. The van der Waals surface area contributed by atoms with Crippen LogP contribution >= 0.6 is 0 Å². The third-order valence-corrected chi connectivity index (χ3v) is 1.56. The second kappa shape index (κ2) is 3.47. The van der Waals surface area contributed by atoms with E-state index in [4.69, 9.17) is 26.2 Å². The first kappa shape index (κ1) is 10.8. The van der Waals surface area contributed by atoms with Crippen molar-refractivity contribution < 1.29 is 23.8 Å². The van der Waals surface area contributed by atoms with E-state index in [1.165, 1.54) is 0 Å². The molecule has 0 aliphatic heterocycles. The molecule has 0 aromatic carbocycles. The van der Waals surface area contributed by atoms with Crippen molar-refractivity contribution in [2.24, 2.45) is 16.5 Å². The van der Waals surface area contributed by atoms with Gasteiger partial charge in [0.15, 0.2) is 5.96 Å². The first-order valence-corrected chi connectivity index (χ1v) is 3.59. The van der Waals surface area contributed by atoms with Crippen molar-refractivity contribution in [2.75, 3.05) is 0 Å². The zero-order chi connectivity index (χ0) is 9.94. The number of hydrogen-bond donors (Lipinski definition) is 5. The maximum Gasteiger partial charge on any atom is 0.376 e. The van der Waals surface area contributed by atoms with E-state index in [9.17, 15) is 9.00 Å². The SMILES string of the molecule is NC(N)=NC(O)(C(=O)O)S(=O)O. The van der Waals surface area contributed by atoms with Gasteiger partial charge in [0.1, 0.15) is 0 Å². The number of carboxylic acid groups (broad SMARTS) is 1. The average Bonchev–Trinajstić information content (AvgIpc) is 1.84. The Hall–Kier alpha value is -1.19. The van der Waals surface area contributed by atoms with E-state index in [2.05, 4.69) is 4.99 Å². The molecule has 0 aliphatic rings. The van der Waals surface area contributed by atoms with Gasteiger partial charge in [-0.1, -0.05) is 0 Å². The van der Waals surface area contributed by atoms with E-state index >= 15 is 0 Å². The van der Waals surface area contributed by atoms with Crippen molar-refractivity contribution in [2.45, 2.75) is 5.06 Å². The predicted molar refractivity (Wildman–Crippen MR) is 39.2 cm³/mol. The maximum absolute atomic E-state index is 10.3. The molecule has 0 radical (unpaired) electrons. The van der Waals surface area contributed by atoms with Crippen LogP contribution in [-0.4, -0.2) is 36.0 Å². The Morgan fingerprint density at radius 3 is 2.00 bits per heavy atom. The zero-order valence-corrected chi connectivity index (χ0v) is 6.48. The van der Waals surface area contributed by atoms with Crippen LogP contribution < -0.4 is 11.5 Å². The molecule has 0 spiro atoms. The quantitative estimate of drug-likeness (QED) is 0.186. The fourth-order valence-electron chi connectivity index (χ4n) is 0.337. The van der Waals surface area contributed by atoms with Gasteiger partial charge in [0, 0.05) is 0 Å². The molecule has 9 heteroatoms. The van der Waals surface area contributed by atoms with E-state index in [1.807, 2.05) is 0 Å². The summed E-state index contributed by atoms with van der Waals surface area (Å²) in [7, 11) is 0. The Morgan fingerprint density at radius 2 is 1.92 bits per heavy atom. The third-order valence-electron chi connectivity index (χ3n) is 0.803. The monoisotopic (exact) mass is 197 g/mol. The third kappa shape index (κ3) is 2.15. The van der Waals surface area contributed by atoms with Crippen molar-refractivity contribution in [3.8, 4) is 0 Å². The molecule has 7 N–H and O–H groups in total. The van der Waals surface area contributed by atoms with Crippen LogP contribution in [0.15, 0.2) is 4.99 Å². The molecule has 2 unspecified atom stereocenters. The second-order valence-electron chi connectivity index (χ2n) is 1.70. The number of nitrogens with zero attached hydrogens (tertiary/aromatic N) is 1. The summed E-state index contributed by atoms with van der Waals surface area (Å²) in [5.41, 5.74) is 9.43. The fourth-order valence-corrected chi connectivity index (χ4v) is 0.669. The van der Waals surface area contributed by atoms with Gasteiger partial charge in [0.2, 0.25) is 11.1 Å². The number of rotatable bonds is 3. The van der Waals surface area contributed by atoms with Crippen molar-refractivity contribution in [1.82, 2.24) is 0 Å². The molecule has 0 saturated carbocycles. The van der Waals surface area contributed by atoms with E-state index < -0.39 is 28.1 Å². The van der Waals surface area contributed by atoms with Crippen LogP contribution in [0.5, 0.6) is 0 Å². The van der Waals surface area contributed by atoms with Gasteiger partial charge in [-0.2, -0.15) is 4.99 Å². The Bertz CT molecular complexity index is 232. The van der Waals surface area contributed by atoms with Gasteiger partial charge in [-0.25, -0.2) is 9.00 Å². The van der Waals surface area contributed by atoms with Gasteiger partial charge in [0.25, 0.3) is 0 Å². The van der Waals surface area contributed by atoms with Crippen molar-refractivity contribution >= 4 is 23.0 Å². The fraction of sp³-hybridized carbons (Fsp3) is 0.333. The van der Waals surface area contributed by atoms with Crippen molar-refractivity contribution in [1.29, 1.82) is 0 Å². The van der Waals surface area contributed by atoms with Crippen LogP contribution in [0, 0.1) is 0 Å². The van der Waals surface area contributed by atoms with Crippen LogP contribution in [0.1, 0.15) is 0 Å². The highest BCUT2D eigenvalue weighted by Gasteiger charge is 2.43. The molecule has 0 saturated heterocycles. The molecule has 0 heterocycles.